The van der Waals surface area contributed by atoms with Gasteiger partial charge in [0.25, 0.3) is 0 Å². The van der Waals surface area contributed by atoms with Gasteiger partial charge in [-0.2, -0.15) is 0 Å². The molecule has 0 saturated heterocycles. The minimum atomic E-state index is 0.873. The van der Waals surface area contributed by atoms with E-state index in [2.05, 4.69) is 11.9 Å². The van der Waals surface area contributed by atoms with E-state index in [1.807, 2.05) is 30.5 Å². The molecule has 0 aliphatic rings. The topological polar surface area (TPSA) is 21.6 Å². The summed E-state index contributed by atoms with van der Waals surface area (Å²) in [5.74, 6) is 0.877. The smallest absolute Gasteiger partial charge is 0.127 e. The first kappa shape index (κ1) is 9.78. The zero-order chi connectivity index (χ0) is 9.52. The van der Waals surface area contributed by atoms with Crippen molar-refractivity contribution in [3.8, 4) is 5.75 Å². The van der Waals surface area contributed by atoms with Crippen LogP contribution in [-0.2, 0) is 0 Å². The monoisotopic (exact) mass is 177 g/mol. The fraction of sp³-hybridized carbons (Fsp3) is 0.364. The van der Waals surface area contributed by atoms with Gasteiger partial charge in [0.05, 0.1) is 7.11 Å². The Morgan fingerprint density at radius 3 is 2.85 bits per heavy atom. The van der Waals surface area contributed by atoms with Crippen molar-refractivity contribution < 1.29 is 4.74 Å². The van der Waals surface area contributed by atoms with Crippen molar-refractivity contribution >= 4 is 6.21 Å². The van der Waals surface area contributed by atoms with Gasteiger partial charge in [-0.05, 0) is 18.6 Å². The molecule has 70 valence electrons. The third-order valence-corrected chi connectivity index (χ3v) is 1.72. The Labute approximate surface area is 79.3 Å². The SMILES string of the molecule is CCC/N=C/c1ccccc1OC. The number of benzene rings is 1. The third kappa shape index (κ3) is 2.90. The summed E-state index contributed by atoms with van der Waals surface area (Å²) in [6, 6.07) is 7.87. The number of aliphatic imine (C=N–C) groups is 1. The molecule has 0 N–H and O–H groups in total. The zero-order valence-corrected chi connectivity index (χ0v) is 8.16. The van der Waals surface area contributed by atoms with Crippen LogP contribution in [0, 0.1) is 0 Å². The van der Waals surface area contributed by atoms with Crippen LogP contribution in [0.4, 0.5) is 0 Å². The van der Waals surface area contributed by atoms with Crippen LogP contribution >= 0.6 is 0 Å². The van der Waals surface area contributed by atoms with E-state index in [0.29, 0.717) is 0 Å². The van der Waals surface area contributed by atoms with Gasteiger partial charge in [0, 0.05) is 18.3 Å². The summed E-state index contributed by atoms with van der Waals surface area (Å²) in [7, 11) is 1.67. The van der Waals surface area contributed by atoms with E-state index >= 15 is 0 Å². The van der Waals surface area contributed by atoms with E-state index in [-0.39, 0.29) is 0 Å². The highest BCUT2D eigenvalue weighted by atomic mass is 16.5. The van der Waals surface area contributed by atoms with Crippen molar-refractivity contribution in [2.45, 2.75) is 13.3 Å². The maximum absolute atomic E-state index is 5.18. The van der Waals surface area contributed by atoms with Gasteiger partial charge in [-0.15, -0.1) is 0 Å². The first-order chi connectivity index (χ1) is 6.38. The molecule has 13 heavy (non-hydrogen) atoms. The molecule has 0 aliphatic carbocycles. The van der Waals surface area contributed by atoms with Crippen LogP contribution < -0.4 is 4.74 Å². The number of methoxy groups -OCH3 is 1. The number of hydrogen-bond acceptors (Lipinski definition) is 2. The largest absolute Gasteiger partial charge is 0.496 e. The van der Waals surface area contributed by atoms with E-state index in [1.54, 1.807) is 7.11 Å². The minimum Gasteiger partial charge on any atom is -0.496 e. The van der Waals surface area contributed by atoms with Crippen LogP contribution in [0.15, 0.2) is 29.3 Å². The Balaban J connectivity index is 2.74. The molecular weight excluding hydrogens is 162 g/mol. The van der Waals surface area contributed by atoms with Crippen LogP contribution in [0.25, 0.3) is 0 Å². The lowest BCUT2D eigenvalue weighted by molar-refractivity contribution is 0.414. The van der Waals surface area contributed by atoms with Crippen LogP contribution in [0.2, 0.25) is 0 Å². The molecule has 2 nitrogen and oxygen atoms in total. The normalized spacial score (nSPS) is 10.6. The quantitative estimate of drug-likeness (QED) is 0.647. The summed E-state index contributed by atoms with van der Waals surface area (Å²) >= 11 is 0. The average Bonchev–Trinajstić information content (AvgIpc) is 2.19. The number of nitrogens with zero attached hydrogens (tertiary/aromatic N) is 1. The lowest BCUT2D eigenvalue weighted by Gasteiger charge is -2.02. The van der Waals surface area contributed by atoms with Gasteiger partial charge in [0.2, 0.25) is 0 Å². The summed E-state index contributed by atoms with van der Waals surface area (Å²) in [5, 5.41) is 0. The van der Waals surface area contributed by atoms with Crippen molar-refractivity contribution in [3.05, 3.63) is 29.8 Å². The molecule has 0 bridgehead atoms. The average molecular weight is 177 g/mol. The maximum Gasteiger partial charge on any atom is 0.127 e. The summed E-state index contributed by atoms with van der Waals surface area (Å²) in [6.45, 7) is 2.98. The van der Waals surface area contributed by atoms with Gasteiger partial charge >= 0.3 is 0 Å². The second-order valence-electron chi connectivity index (χ2n) is 2.78. The molecule has 1 aromatic carbocycles. The Kier molecular flexibility index (Phi) is 4.03. The highest BCUT2D eigenvalue weighted by molar-refractivity contribution is 5.83. The van der Waals surface area contributed by atoms with E-state index in [1.165, 1.54) is 0 Å². The number of rotatable bonds is 4. The van der Waals surface area contributed by atoms with Crippen molar-refractivity contribution in [3.63, 3.8) is 0 Å². The lowest BCUT2D eigenvalue weighted by Crippen LogP contribution is -1.90. The fourth-order valence-electron chi connectivity index (χ4n) is 1.07. The Bertz CT molecular complexity index is 281. The minimum absolute atomic E-state index is 0.873. The van der Waals surface area contributed by atoms with Gasteiger partial charge in [-0.25, -0.2) is 0 Å². The van der Waals surface area contributed by atoms with E-state index in [0.717, 1.165) is 24.3 Å². The zero-order valence-electron chi connectivity index (χ0n) is 8.16. The summed E-state index contributed by atoms with van der Waals surface area (Å²) in [5.41, 5.74) is 1.04. The van der Waals surface area contributed by atoms with Crippen LogP contribution in [0.5, 0.6) is 5.75 Å². The number of hydrogen-bond donors (Lipinski definition) is 0. The van der Waals surface area contributed by atoms with Gasteiger partial charge in [-0.1, -0.05) is 19.1 Å². The standard InChI is InChI=1S/C11H15NO/c1-3-8-12-9-10-6-4-5-7-11(10)13-2/h4-7,9H,3,8H2,1-2H3/b12-9+. The molecule has 0 aromatic heterocycles. The molecule has 0 amide bonds. The molecule has 0 aliphatic heterocycles. The molecule has 0 saturated carbocycles. The summed E-state index contributed by atoms with van der Waals surface area (Å²) in [4.78, 5) is 4.26. The highest BCUT2D eigenvalue weighted by Crippen LogP contribution is 2.14. The molecule has 0 heterocycles. The maximum atomic E-state index is 5.18. The molecule has 0 atom stereocenters. The van der Waals surface area contributed by atoms with Crippen molar-refractivity contribution in [2.75, 3.05) is 13.7 Å². The third-order valence-electron chi connectivity index (χ3n) is 1.72. The van der Waals surface area contributed by atoms with E-state index in [4.69, 9.17) is 4.74 Å². The molecule has 0 unspecified atom stereocenters. The van der Waals surface area contributed by atoms with Gasteiger partial charge in [-0.3, -0.25) is 4.99 Å². The highest BCUT2D eigenvalue weighted by Gasteiger charge is 1.95. The van der Waals surface area contributed by atoms with E-state index < -0.39 is 0 Å². The molecule has 0 fully saturated rings. The predicted molar refractivity (Wildman–Crippen MR) is 55.7 cm³/mol. The summed E-state index contributed by atoms with van der Waals surface area (Å²) < 4.78 is 5.18. The molecule has 1 aromatic rings. The van der Waals surface area contributed by atoms with Gasteiger partial charge in [0.1, 0.15) is 5.75 Å². The number of ether oxygens (including phenoxy) is 1. The van der Waals surface area contributed by atoms with Crippen molar-refractivity contribution in [2.24, 2.45) is 4.99 Å². The lowest BCUT2D eigenvalue weighted by atomic mass is 10.2. The predicted octanol–water partition coefficient (Wildman–Crippen LogP) is 2.52. The van der Waals surface area contributed by atoms with Crippen LogP contribution in [-0.4, -0.2) is 19.9 Å². The van der Waals surface area contributed by atoms with E-state index in [9.17, 15) is 0 Å². The molecule has 1 rings (SSSR count). The molecular formula is C11H15NO. The van der Waals surface area contributed by atoms with Gasteiger partial charge < -0.3 is 4.74 Å². The van der Waals surface area contributed by atoms with Crippen molar-refractivity contribution in [1.82, 2.24) is 0 Å². The first-order valence-corrected chi connectivity index (χ1v) is 4.51. The van der Waals surface area contributed by atoms with Crippen molar-refractivity contribution in [1.29, 1.82) is 0 Å². The first-order valence-electron chi connectivity index (χ1n) is 4.51. The van der Waals surface area contributed by atoms with Crippen LogP contribution in [0.3, 0.4) is 0 Å². The Morgan fingerprint density at radius 1 is 1.38 bits per heavy atom. The second kappa shape index (κ2) is 5.36. The second-order valence-corrected chi connectivity index (χ2v) is 2.78. The molecule has 2 heteroatoms. The Hall–Kier alpha value is -1.31. The Morgan fingerprint density at radius 2 is 2.15 bits per heavy atom. The summed E-state index contributed by atoms with van der Waals surface area (Å²) in [6.07, 6.45) is 2.94. The van der Waals surface area contributed by atoms with Crippen LogP contribution in [0.1, 0.15) is 18.9 Å². The molecule has 0 spiro atoms. The number of para-hydroxylation sites is 1. The van der Waals surface area contributed by atoms with Gasteiger partial charge in [0.15, 0.2) is 0 Å². The molecule has 0 radical (unpaired) electrons. The fourth-order valence-corrected chi connectivity index (χ4v) is 1.07.